The van der Waals surface area contributed by atoms with Gasteiger partial charge in [0.1, 0.15) is 0 Å². The molecular formula is C14H42Si7. The van der Waals surface area contributed by atoms with E-state index in [9.17, 15) is 0 Å². The molecular weight excluding hydrogens is 365 g/mol. The lowest BCUT2D eigenvalue weighted by molar-refractivity contribution is 1.77. The highest BCUT2D eigenvalue weighted by Crippen LogP contribution is 2.41. The third kappa shape index (κ3) is 3.79. The van der Waals surface area contributed by atoms with Crippen LogP contribution >= 0.6 is 0 Å². The topological polar surface area (TPSA) is 0 Å². The second-order valence-corrected chi connectivity index (χ2v) is 81.8. The highest BCUT2D eigenvalue weighted by atomic mass is 30.3. The first kappa shape index (κ1) is 22.5. The van der Waals surface area contributed by atoms with Gasteiger partial charge in [-0.25, -0.2) is 0 Å². The first-order valence-electron chi connectivity index (χ1n) is 8.50. The SMILES string of the molecule is C[Si]([Si](C)(C)C)[Si](C)(C)[Si]([Si](C)C)([Si](C)(C)C)[Si](C)(C)C. The molecule has 0 N–H and O–H groups in total. The predicted octanol–water partition coefficient (Wildman–Crippen LogP) is 5.51. The van der Waals surface area contributed by atoms with Gasteiger partial charge in [0.25, 0.3) is 0 Å². The van der Waals surface area contributed by atoms with E-state index >= 15 is 0 Å². The van der Waals surface area contributed by atoms with E-state index in [1.807, 2.05) is 0 Å². The summed E-state index contributed by atoms with van der Waals surface area (Å²) in [5, 5.41) is 0. The van der Waals surface area contributed by atoms with Crippen molar-refractivity contribution in [3.63, 3.8) is 0 Å². The second-order valence-electron chi connectivity index (χ2n) is 10.8. The summed E-state index contributed by atoms with van der Waals surface area (Å²) in [6.07, 6.45) is -1.08. The summed E-state index contributed by atoms with van der Waals surface area (Å²) in [5.74, 6) is 0. The number of rotatable bonds is 6. The van der Waals surface area contributed by atoms with E-state index in [0.29, 0.717) is 0 Å². The Labute approximate surface area is 143 Å². The van der Waals surface area contributed by atoms with Crippen LogP contribution in [0.5, 0.6) is 0 Å². The highest BCUT2D eigenvalue weighted by Gasteiger charge is 2.67. The van der Waals surface area contributed by atoms with Gasteiger partial charge in [0.15, 0.2) is 0 Å². The van der Waals surface area contributed by atoms with Crippen LogP contribution in [0, 0.1) is 0 Å². The van der Waals surface area contributed by atoms with E-state index in [1.54, 1.807) is 0 Å². The maximum atomic E-state index is 2.90. The van der Waals surface area contributed by atoms with Crippen molar-refractivity contribution < 1.29 is 0 Å². The van der Waals surface area contributed by atoms with Crippen LogP contribution < -0.4 is 0 Å². The molecule has 0 spiro atoms. The van der Waals surface area contributed by atoms with E-state index in [0.717, 1.165) is 0 Å². The van der Waals surface area contributed by atoms with Gasteiger partial charge < -0.3 is 0 Å². The zero-order valence-corrected chi connectivity index (χ0v) is 24.5. The van der Waals surface area contributed by atoms with Gasteiger partial charge >= 0.3 is 0 Å². The summed E-state index contributed by atoms with van der Waals surface area (Å²) in [4.78, 5) is 0. The molecule has 0 fully saturated rings. The largest absolute Gasteiger partial charge is 0.0752 e. The lowest BCUT2D eigenvalue weighted by atomic mass is 11.8. The molecule has 0 saturated heterocycles. The molecule has 0 amide bonds. The Morgan fingerprint density at radius 3 is 0.952 bits per heavy atom. The van der Waals surface area contributed by atoms with Crippen LogP contribution in [0.2, 0.25) is 91.7 Å². The molecule has 0 nitrogen and oxygen atoms in total. The average Bonchev–Trinajstić information content (AvgIpc) is 2.08. The van der Waals surface area contributed by atoms with E-state index < -0.39 is 36.0 Å². The molecule has 0 aromatic heterocycles. The van der Waals surface area contributed by atoms with Crippen molar-refractivity contribution in [3.8, 4) is 0 Å². The van der Waals surface area contributed by atoms with Gasteiger partial charge in [0, 0.05) is 52.2 Å². The Bertz CT molecular complexity index is 341. The van der Waals surface area contributed by atoms with Gasteiger partial charge in [-0.1, -0.05) is 91.7 Å². The number of hydrogen-bond donors (Lipinski definition) is 0. The lowest BCUT2D eigenvalue weighted by Crippen LogP contribution is -2.93. The van der Waals surface area contributed by atoms with Gasteiger partial charge in [0.05, 0.1) is 0 Å². The Balaban J connectivity index is 6.55. The summed E-state index contributed by atoms with van der Waals surface area (Å²) in [6, 6.07) is 0. The third-order valence-corrected chi connectivity index (χ3v) is 153. The third-order valence-electron chi connectivity index (χ3n) is 6.00. The lowest BCUT2D eigenvalue weighted by Gasteiger charge is -2.63. The Morgan fingerprint density at radius 1 is 0.524 bits per heavy atom. The maximum Gasteiger partial charge on any atom is 0.0326 e. The quantitative estimate of drug-likeness (QED) is 0.510. The van der Waals surface area contributed by atoms with E-state index in [-0.39, 0.29) is 16.1 Å². The van der Waals surface area contributed by atoms with Crippen LogP contribution in [0.15, 0.2) is 0 Å². The molecule has 7 heteroatoms. The van der Waals surface area contributed by atoms with Crippen LogP contribution in [0.3, 0.4) is 0 Å². The second kappa shape index (κ2) is 6.44. The van der Waals surface area contributed by atoms with Gasteiger partial charge in [-0.05, 0) is 0 Å². The molecule has 2 radical (unpaired) electrons. The average molecular weight is 407 g/mol. The highest BCUT2D eigenvalue weighted by molar-refractivity contribution is 8.11. The fraction of sp³-hybridized carbons (Fsp3) is 1.00. The zero-order valence-electron chi connectivity index (χ0n) is 17.5. The molecule has 0 aliphatic carbocycles. The summed E-state index contributed by atoms with van der Waals surface area (Å²) in [5.41, 5.74) is 0. The first-order valence-corrected chi connectivity index (χ1v) is 34.5. The predicted molar refractivity (Wildman–Crippen MR) is 122 cm³/mol. The van der Waals surface area contributed by atoms with Crippen LogP contribution in [-0.2, 0) is 0 Å². The molecule has 0 aromatic rings. The van der Waals surface area contributed by atoms with Crippen molar-refractivity contribution in [1.82, 2.24) is 0 Å². The monoisotopic (exact) mass is 406 g/mol. The Hall–Kier alpha value is 1.52. The normalized spacial score (nSPS) is 16.0. The first-order chi connectivity index (χ1) is 8.85. The molecule has 0 aliphatic rings. The van der Waals surface area contributed by atoms with Gasteiger partial charge in [0.2, 0.25) is 0 Å². The number of hydrogen-bond acceptors (Lipinski definition) is 0. The minimum atomic E-state index is -1.08. The molecule has 0 aromatic carbocycles. The van der Waals surface area contributed by atoms with Crippen LogP contribution in [0.4, 0.5) is 0 Å². The summed E-state index contributed by atoms with van der Waals surface area (Å²) >= 11 is 0. The molecule has 0 saturated carbocycles. The summed E-state index contributed by atoms with van der Waals surface area (Å²) in [6.45, 7) is 38.8. The van der Waals surface area contributed by atoms with Crippen molar-refractivity contribution in [2.75, 3.05) is 0 Å². The fourth-order valence-electron chi connectivity index (χ4n) is 6.34. The van der Waals surface area contributed by atoms with Crippen molar-refractivity contribution in [1.29, 1.82) is 0 Å². The van der Waals surface area contributed by atoms with Crippen molar-refractivity contribution in [2.24, 2.45) is 0 Å². The zero-order chi connectivity index (χ0) is 17.7. The summed E-state index contributed by atoms with van der Waals surface area (Å²) in [7, 11) is -4.40. The molecule has 0 unspecified atom stereocenters. The van der Waals surface area contributed by atoms with Crippen LogP contribution in [0.25, 0.3) is 0 Å². The Kier molecular flexibility index (Phi) is 6.90. The van der Waals surface area contributed by atoms with Gasteiger partial charge in [-0.2, -0.15) is 0 Å². The minimum Gasteiger partial charge on any atom is -0.0752 e. The molecule has 0 heterocycles. The molecule has 126 valence electrons. The van der Waals surface area contributed by atoms with Crippen LogP contribution in [0.1, 0.15) is 0 Å². The van der Waals surface area contributed by atoms with Crippen molar-refractivity contribution >= 4 is 52.2 Å². The molecule has 0 aliphatic heterocycles. The Morgan fingerprint density at radius 2 is 0.810 bits per heavy atom. The van der Waals surface area contributed by atoms with Crippen molar-refractivity contribution in [2.45, 2.75) is 91.7 Å². The van der Waals surface area contributed by atoms with Gasteiger partial charge in [-0.3, -0.25) is 0 Å². The van der Waals surface area contributed by atoms with E-state index in [4.69, 9.17) is 0 Å². The summed E-state index contributed by atoms with van der Waals surface area (Å²) < 4.78 is 0. The van der Waals surface area contributed by atoms with Gasteiger partial charge in [-0.15, -0.1) is 0 Å². The molecule has 0 atom stereocenters. The van der Waals surface area contributed by atoms with Crippen molar-refractivity contribution in [3.05, 3.63) is 0 Å². The maximum absolute atomic E-state index is 2.90. The smallest absolute Gasteiger partial charge is 0.0326 e. The molecule has 0 rings (SSSR count). The molecule has 0 bridgehead atoms. The molecule has 21 heavy (non-hydrogen) atoms. The fourth-order valence-corrected chi connectivity index (χ4v) is 239. The standard InChI is InChI=1S/C14H42Si7/c1-15(2)21(18(7,8)9,19(10,11)12)20(13,14)16(3)17(4,5)6/h1-14H3. The minimum absolute atomic E-state index is 0.113. The van der Waals surface area contributed by atoms with Crippen LogP contribution in [-0.4, -0.2) is 52.2 Å². The van der Waals surface area contributed by atoms with E-state index in [1.165, 1.54) is 0 Å². The van der Waals surface area contributed by atoms with E-state index in [2.05, 4.69) is 91.7 Å².